The first kappa shape index (κ1) is 21.1. The molecule has 10 heteroatoms. The van der Waals surface area contributed by atoms with Gasteiger partial charge in [0.1, 0.15) is 11.4 Å². The Balaban J connectivity index is 1.63. The smallest absolute Gasteiger partial charge is 0.294 e. The third-order valence-corrected chi connectivity index (χ3v) is 5.36. The maximum absolute atomic E-state index is 11.4. The largest absolute Gasteiger partial charge is 0.507 e. The molecule has 0 fully saturated rings. The Morgan fingerprint density at radius 2 is 1.28 bits per heavy atom. The van der Waals surface area contributed by atoms with Crippen LogP contribution in [0.2, 0.25) is 0 Å². The lowest BCUT2D eigenvalue weighted by molar-refractivity contribution is 0.471. The molecule has 4 aromatic carbocycles. The summed E-state index contributed by atoms with van der Waals surface area (Å²) in [6, 6.07) is 21.3. The zero-order valence-corrected chi connectivity index (χ0v) is 17.3. The number of fused-ring (bicyclic) bond motifs is 1. The Kier molecular flexibility index (Phi) is 5.63. The second-order valence-corrected chi connectivity index (χ2v) is 8.19. The van der Waals surface area contributed by atoms with E-state index in [2.05, 4.69) is 20.5 Å². The third-order valence-electron chi connectivity index (χ3n) is 4.52. The van der Waals surface area contributed by atoms with E-state index in [0.29, 0.717) is 16.8 Å². The average molecular weight is 447 g/mol. The lowest BCUT2D eigenvalue weighted by Crippen LogP contribution is -1.98. The van der Waals surface area contributed by atoms with E-state index in [4.69, 9.17) is 5.73 Å². The molecule has 0 amide bonds. The van der Waals surface area contributed by atoms with Crippen molar-refractivity contribution >= 4 is 49.3 Å². The van der Waals surface area contributed by atoms with Gasteiger partial charge in [-0.3, -0.25) is 4.55 Å². The van der Waals surface area contributed by atoms with Crippen molar-refractivity contribution in [3.63, 3.8) is 0 Å². The Bertz CT molecular complexity index is 1450. The summed E-state index contributed by atoms with van der Waals surface area (Å²) < 4.78 is 32.1. The number of phenolic OH excluding ortho intramolecular Hbond substituents is 1. The quantitative estimate of drug-likeness (QED) is 0.189. The molecule has 0 atom stereocenters. The first-order chi connectivity index (χ1) is 15.3. The van der Waals surface area contributed by atoms with Crippen LogP contribution >= 0.6 is 0 Å². The Morgan fingerprint density at radius 3 is 1.88 bits per heavy atom. The maximum Gasteiger partial charge on any atom is 0.294 e. The molecule has 9 nitrogen and oxygen atoms in total. The molecule has 4 N–H and O–H groups in total. The van der Waals surface area contributed by atoms with Crippen LogP contribution in [-0.4, -0.2) is 18.1 Å². The van der Waals surface area contributed by atoms with Crippen LogP contribution in [0.3, 0.4) is 0 Å². The number of nitrogens with two attached hydrogens (primary N) is 1. The molecule has 0 heterocycles. The fraction of sp³-hybridized carbons (Fsp3) is 0. The minimum Gasteiger partial charge on any atom is -0.507 e. The molecule has 0 radical (unpaired) electrons. The summed E-state index contributed by atoms with van der Waals surface area (Å²) in [5, 5.41) is 27.5. The molecule has 4 rings (SSSR count). The number of phenols is 1. The lowest BCUT2D eigenvalue weighted by Gasteiger charge is -2.08. The van der Waals surface area contributed by atoms with Crippen LogP contribution < -0.4 is 5.73 Å². The van der Waals surface area contributed by atoms with Crippen LogP contribution in [-0.2, 0) is 10.1 Å². The van der Waals surface area contributed by atoms with Crippen molar-refractivity contribution in [2.45, 2.75) is 4.90 Å². The summed E-state index contributed by atoms with van der Waals surface area (Å²) >= 11 is 0. The molecule has 0 saturated carbocycles. The monoisotopic (exact) mass is 447 g/mol. The van der Waals surface area contributed by atoms with Gasteiger partial charge in [0, 0.05) is 6.07 Å². The van der Waals surface area contributed by atoms with E-state index in [-0.39, 0.29) is 16.8 Å². The summed E-state index contributed by atoms with van der Waals surface area (Å²) in [7, 11) is -4.48. The number of nitrogens with zero attached hydrogens (tertiary/aromatic N) is 4. The summed E-state index contributed by atoms with van der Waals surface area (Å²) in [6.45, 7) is 0. The number of hydrogen-bond acceptors (Lipinski definition) is 8. The first-order valence-corrected chi connectivity index (χ1v) is 10.8. The average Bonchev–Trinajstić information content (AvgIpc) is 2.78. The summed E-state index contributed by atoms with van der Waals surface area (Å²) in [5.74, 6) is -0.395. The van der Waals surface area contributed by atoms with E-state index in [1.165, 1.54) is 18.2 Å². The maximum atomic E-state index is 11.4. The van der Waals surface area contributed by atoms with Crippen molar-refractivity contribution in [3.8, 4) is 5.75 Å². The van der Waals surface area contributed by atoms with E-state index < -0.39 is 20.8 Å². The molecule has 0 aliphatic carbocycles. The number of aromatic hydroxyl groups is 1. The van der Waals surface area contributed by atoms with Crippen LogP contribution in [0.15, 0.2) is 104 Å². The standard InChI is InChI=1S/C22H17N5O4S/c23-19-11-6-14-12-18(32(29,30)31)13-20(28)21(14)22(19)27-26-17-9-7-16(8-10-17)25-24-15-4-2-1-3-5-15/h1-13,28H,23H2,(H,29,30,31). The van der Waals surface area contributed by atoms with E-state index in [1.54, 1.807) is 24.3 Å². The molecule has 0 aromatic heterocycles. The van der Waals surface area contributed by atoms with Crippen LogP contribution in [0, 0.1) is 0 Å². The predicted octanol–water partition coefficient (Wildman–Crippen LogP) is 6.21. The van der Waals surface area contributed by atoms with Crippen LogP contribution in [0.5, 0.6) is 5.75 Å². The van der Waals surface area contributed by atoms with Crippen LogP contribution in [0.25, 0.3) is 10.8 Å². The van der Waals surface area contributed by atoms with E-state index in [9.17, 15) is 18.1 Å². The van der Waals surface area contributed by atoms with Gasteiger partial charge in [-0.25, -0.2) is 0 Å². The predicted molar refractivity (Wildman–Crippen MR) is 121 cm³/mol. The van der Waals surface area contributed by atoms with Gasteiger partial charge in [0.05, 0.1) is 33.0 Å². The SMILES string of the molecule is Nc1ccc2cc(S(=O)(=O)O)cc(O)c2c1N=Nc1ccc(N=Nc2ccccc2)cc1. The number of benzene rings is 4. The molecular formula is C22H17N5O4S. The molecule has 160 valence electrons. The molecule has 0 bridgehead atoms. The summed E-state index contributed by atoms with van der Waals surface area (Å²) in [4.78, 5) is -0.435. The normalized spacial score (nSPS) is 12.2. The minimum absolute atomic E-state index is 0.176. The van der Waals surface area contributed by atoms with Gasteiger partial charge in [0.15, 0.2) is 0 Å². The van der Waals surface area contributed by atoms with Crippen LogP contribution in [0.1, 0.15) is 0 Å². The highest BCUT2D eigenvalue weighted by Gasteiger charge is 2.16. The molecule has 0 spiro atoms. The molecule has 0 unspecified atom stereocenters. The Labute approximate surface area is 183 Å². The van der Waals surface area contributed by atoms with Gasteiger partial charge in [-0.05, 0) is 53.9 Å². The number of azo groups is 2. The number of hydrogen-bond donors (Lipinski definition) is 3. The second kappa shape index (κ2) is 8.53. The fourth-order valence-corrected chi connectivity index (χ4v) is 3.51. The lowest BCUT2D eigenvalue weighted by atomic mass is 10.1. The van der Waals surface area contributed by atoms with Gasteiger partial charge in [0.2, 0.25) is 0 Å². The van der Waals surface area contributed by atoms with Gasteiger partial charge < -0.3 is 10.8 Å². The van der Waals surface area contributed by atoms with Crippen molar-refractivity contribution in [2.75, 3.05) is 5.73 Å². The second-order valence-electron chi connectivity index (χ2n) is 6.77. The highest BCUT2D eigenvalue weighted by Crippen LogP contribution is 2.40. The van der Waals surface area contributed by atoms with Crippen molar-refractivity contribution in [1.82, 2.24) is 0 Å². The zero-order chi connectivity index (χ0) is 22.7. The van der Waals surface area contributed by atoms with E-state index in [1.807, 2.05) is 30.3 Å². The molecule has 32 heavy (non-hydrogen) atoms. The highest BCUT2D eigenvalue weighted by atomic mass is 32.2. The van der Waals surface area contributed by atoms with Gasteiger partial charge in [-0.2, -0.15) is 23.8 Å². The molecule has 0 aliphatic rings. The van der Waals surface area contributed by atoms with E-state index in [0.717, 1.165) is 11.8 Å². The molecule has 0 saturated heterocycles. The number of rotatable bonds is 5. The number of anilines is 1. The topological polar surface area (TPSA) is 150 Å². The van der Waals surface area contributed by atoms with Crippen molar-refractivity contribution in [3.05, 3.63) is 78.9 Å². The molecular weight excluding hydrogens is 430 g/mol. The van der Waals surface area contributed by atoms with Crippen molar-refractivity contribution in [2.24, 2.45) is 20.5 Å². The van der Waals surface area contributed by atoms with Crippen molar-refractivity contribution < 1.29 is 18.1 Å². The summed E-state index contributed by atoms with van der Waals surface area (Å²) in [5.41, 5.74) is 8.29. The van der Waals surface area contributed by atoms with Crippen molar-refractivity contribution in [1.29, 1.82) is 0 Å². The summed E-state index contributed by atoms with van der Waals surface area (Å²) in [6.07, 6.45) is 0. The van der Waals surface area contributed by atoms with Gasteiger partial charge in [-0.15, -0.1) is 5.11 Å². The van der Waals surface area contributed by atoms with Gasteiger partial charge >= 0.3 is 0 Å². The molecule has 0 aliphatic heterocycles. The third kappa shape index (κ3) is 4.61. The fourth-order valence-electron chi connectivity index (χ4n) is 2.97. The highest BCUT2D eigenvalue weighted by molar-refractivity contribution is 7.85. The van der Waals surface area contributed by atoms with Gasteiger partial charge in [-0.1, -0.05) is 24.3 Å². The first-order valence-electron chi connectivity index (χ1n) is 9.32. The number of nitrogen functional groups attached to an aromatic ring is 1. The Morgan fingerprint density at radius 1 is 0.719 bits per heavy atom. The van der Waals surface area contributed by atoms with Gasteiger partial charge in [0.25, 0.3) is 10.1 Å². The molecule has 4 aromatic rings. The zero-order valence-electron chi connectivity index (χ0n) is 16.5. The minimum atomic E-state index is -4.48. The van der Waals surface area contributed by atoms with Crippen LogP contribution in [0.4, 0.5) is 28.4 Å². The Hall–Kier alpha value is -4.15. The van der Waals surface area contributed by atoms with E-state index >= 15 is 0 Å².